The molecule has 1 aliphatic rings. The van der Waals surface area contributed by atoms with Gasteiger partial charge in [0.05, 0.1) is 11.8 Å². The maximum absolute atomic E-state index is 12.9. The largest absolute Gasteiger partial charge is 0.440 e. The number of nitrogens with zero attached hydrogens (tertiary/aromatic N) is 4. The van der Waals surface area contributed by atoms with Crippen molar-refractivity contribution in [1.29, 1.82) is 0 Å². The number of hydrogen-bond donors (Lipinski definition) is 1. The zero-order chi connectivity index (χ0) is 16.6. The molecule has 0 bridgehead atoms. The number of hydrogen-bond acceptors (Lipinski definition) is 5. The smallest absolute Gasteiger partial charge is 0.276 e. The Labute approximate surface area is 135 Å². The molecule has 0 radical (unpaired) electrons. The van der Waals surface area contributed by atoms with Crippen LogP contribution in [0.15, 0.2) is 16.8 Å². The topological polar surface area (TPSA) is 90.2 Å². The van der Waals surface area contributed by atoms with Crippen LogP contribution >= 0.6 is 0 Å². The molecule has 23 heavy (non-hydrogen) atoms. The zero-order valence-electron chi connectivity index (χ0n) is 13.8. The Kier molecular flexibility index (Phi) is 4.21. The molecule has 2 aromatic rings. The Hall–Kier alpha value is -2.15. The Morgan fingerprint density at radius 2 is 2.26 bits per heavy atom. The molecule has 7 heteroatoms. The fraction of sp³-hybridized carbons (Fsp3) is 0.562. The van der Waals surface area contributed by atoms with Gasteiger partial charge >= 0.3 is 0 Å². The highest BCUT2D eigenvalue weighted by Crippen LogP contribution is 2.25. The van der Waals surface area contributed by atoms with E-state index >= 15 is 0 Å². The fourth-order valence-electron chi connectivity index (χ4n) is 3.14. The second kappa shape index (κ2) is 6.16. The molecule has 0 spiro atoms. The van der Waals surface area contributed by atoms with E-state index in [4.69, 9.17) is 10.2 Å². The molecule has 1 saturated heterocycles. The van der Waals surface area contributed by atoms with Crippen LogP contribution in [0.3, 0.4) is 0 Å². The summed E-state index contributed by atoms with van der Waals surface area (Å²) in [6.45, 7) is 4.44. The summed E-state index contributed by atoms with van der Waals surface area (Å²) in [4.78, 5) is 19.2. The van der Waals surface area contributed by atoms with Crippen LogP contribution in [0.1, 0.15) is 42.4 Å². The van der Waals surface area contributed by atoms with Crippen LogP contribution < -0.4 is 5.73 Å². The Morgan fingerprint density at radius 1 is 1.48 bits per heavy atom. The molecule has 124 valence electrons. The van der Waals surface area contributed by atoms with Crippen molar-refractivity contribution >= 4 is 5.91 Å². The lowest BCUT2D eigenvalue weighted by Crippen LogP contribution is -2.51. The monoisotopic (exact) mass is 317 g/mol. The number of carbonyl (C=O) groups excluding carboxylic acids is 1. The van der Waals surface area contributed by atoms with Crippen LogP contribution in [0.2, 0.25) is 0 Å². The molecule has 2 N–H and O–H groups in total. The van der Waals surface area contributed by atoms with Gasteiger partial charge in [0, 0.05) is 31.9 Å². The van der Waals surface area contributed by atoms with Crippen molar-refractivity contribution in [3.63, 3.8) is 0 Å². The van der Waals surface area contributed by atoms with Crippen LogP contribution in [0.5, 0.6) is 0 Å². The molecule has 1 amide bonds. The number of aryl methyl sites for hydroxylation is 2. The molecule has 0 saturated carbocycles. The predicted molar refractivity (Wildman–Crippen MR) is 85.8 cm³/mol. The van der Waals surface area contributed by atoms with Crippen molar-refractivity contribution < 1.29 is 9.21 Å². The number of carbonyl (C=O) groups is 1. The van der Waals surface area contributed by atoms with Gasteiger partial charge in [-0.05, 0) is 33.1 Å². The third-order valence-corrected chi connectivity index (χ3v) is 4.37. The number of oxazole rings is 1. The van der Waals surface area contributed by atoms with Crippen molar-refractivity contribution in [2.45, 2.75) is 45.2 Å². The molecule has 2 aromatic heterocycles. The first kappa shape index (κ1) is 15.7. The molecule has 2 atom stereocenters. The van der Waals surface area contributed by atoms with E-state index in [1.165, 1.54) is 0 Å². The second-order valence-electron chi connectivity index (χ2n) is 6.25. The molecule has 1 aliphatic heterocycles. The third-order valence-electron chi connectivity index (χ3n) is 4.37. The van der Waals surface area contributed by atoms with Crippen molar-refractivity contribution in [1.82, 2.24) is 19.7 Å². The van der Waals surface area contributed by atoms with Crippen LogP contribution in [-0.4, -0.2) is 44.2 Å². The second-order valence-corrected chi connectivity index (χ2v) is 6.25. The first-order valence-corrected chi connectivity index (χ1v) is 8.00. The van der Waals surface area contributed by atoms with Crippen LogP contribution in [-0.2, 0) is 7.05 Å². The van der Waals surface area contributed by atoms with Crippen molar-refractivity contribution in [2.24, 2.45) is 12.8 Å². The molecule has 0 unspecified atom stereocenters. The maximum Gasteiger partial charge on any atom is 0.276 e. The van der Waals surface area contributed by atoms with E-state index in [9.17, 15) is 4.79 Å². The summed E-state index contributed by atoms with van der Waals surface area (Å²) in [5.74, 6) is 0.861. The third kappa shape index (κ3) is 3.01. The van der Waals surface area contributed by atoms with E-state index < -0.39 is 0 Å². The van der Waals surface area contributed by atoms with Gasteiger partial charge in [-0.15, -0.1) is 0 Å². The minimum atomic E-state index is -0.0941. The lowest BCUT2D eigenvalue weighted by Gasteiger charge is -2.37. The van der Waals surface area contributed by atoms with E-state index in [0.29, 0.717) is 17.3 Å². The minimum absolute atomic E-state index is 0.0516. The van der Waals surface area contributed by atoms with Gasteiger partial charge in [0.25, 0.3) is 5.91 Å². The lowest BCUT2D eigenvalue weighted by atomic mass is 9.96. The normalized spacial score (nSPS) is 19.8. The molecular weight excluding hydrogens is 294 g/mol. The van der Waals surface area contributed by atoms with E-state index in [-0.39, 0.29) is 18.0 Å². The standard InChI is InChI=1S/C16H23N5O2/c1-10(17)13-6-4-5-7-21(13)16(22)14-11(2)23-15(19-14)12-8-18-20(3)9-12/h8-10,13H,4-7,17H2,1-3H3/t10-,13-/m0/s1. The predicted octanol–water partition coefficient (Wildman–Crippen LogP) is 1.73. The number of piperidine rings is 1. The van der Waals surface area contributed by atoms with E-state index in [0.717, 1.165) is 31.4 Å². The highest BCUT2D eigenvalue weighted by molar-refractivity contribution is 5.94. The summed E-state index contributed by atoms with van der Waals surface area (Å²) in [5, 5.41) is 4.11. The molecule has 1 fully saturated rings. The molecule has 0 aromatic carbocycles. The van der Waals surface area contributed by atoms with Gasteiger partial charge in [0.15, 0.2) is 5.69 Å². The first-order chi connectivity index (χ1) is 11.0. The van der Waals surface area contributed by atoms with Crippen molar-refractivity contribution in [3.8, 4) is 11.5 Å². The molecular formula is C16H23N5O2. The number of likely N-dealkylation sites (tertiary alicyclic amines) is 1. The van der Waals surface area contributed by atoms with E-state index in [1.807, 2.05) is 25.1 Å². The molecule has 0 aliphatic carbocycles. The number of aromatic nitrogens is 3. The van der Waals surface area contributed by atoms with Gasteiger partial charge in [-0.2, -0.15) is 5.10 Å². The maximum atomic E-state index is 12.9. The fourth-order valence-corrected chi connectivity index (χ4v) is 3.14. The summed E-state index contributed by atoms with van der Waals surface area (Å²) in [7, 11) is 1.83. The van der Waals surface area contributed by atoms with Crippen LogP contribution in [0.4, 0.5) is 0 Å². The highest BCUT2D eigenvalue weighted by Gasteiger charge is 2.32. The quantitative estimate of drug-likeness (QED) is 0.931. The van der Waals surface area contributed by atoms with Gasteiger partial charge in [-0.25, -0.2) is 4.98 Å². The average molecular weight is 317 g/mol. The van der Waals surface area contributed by atoms with Crippen molar-refractivity contribution in [3.05, 3.63) is 23.8 Å². The van der Waals surface area contributed by atoms with Gasteiger partial charge < -0.3 is 15.1 Å². The average Bonchev–Trinajstić information content (AvgIpc) is 3.12. The summed E-state index contributed by atoms with van der Waals surface area (Å²) in [6, 6.07) is 0.0124. The van der Waals surface area contributed by atoms with Crippen LogP contribution in [0.25, 0.3) is 11.5 Å². The Morgan fingerprint density at radius 3 is 2.91 bits per heavy atom. The number of rotatable bonds is 3. The van der Waals surface area contributed by atoms with E-state index in [2.05, 4.69) is 10.1 Å². The summed E-state index contributed by atoms with van der Waals surface area (Å²) < 4.78 is 7.35. The SMILES string of the molecule is Cc1oc(-c2cnn(C)c2)nc1C(=O)N1CCCC[C@H]1[C@H](C)N. The van der Waals surface area contributed by atoms with Crippen molar-refractivity contribution in [2.75, 3.05) is 6.54 Å². The highest BCUT2D eigenvalue weighted by atomic mass is 16.4. The minimum Gasteiger partial charge on any atom is -0.440 e. The van der Waals surface area contributed by atoms with Gasteiger partial charge in [-0.1, -0.05) is 0 Å². The summed E-state index contributed by atoms with van der Waals surface area (Å²) in [6.07, 6.45) is 6.53. The summed E-state index contributed by atoms with van der Waals surface area (Å²) >= 11 is 0. The first-order valence-electron chi connectivity index (χ1n) is 8.00. The zero-order valence-corrected chi connectivity index (χ0v) is 13.8. The number of amides is 1. The number of nitrogens with two attached hydrogens (primary N) is 1. The van der Waals surface area contributed by atoms with Gasteiger partial charge in [0.1, 0.15) is 5.76 Å². The molecule has 3 rings (SSSR count). The van der Waals surface area contributed by atoms with Gasteiger partial charge in [0.2, 0.25) is 5.89 Å². The Balaban J connectivity index is 1.88. The van der Waals surface area contributed by atoms with Crippen LogP contribution in [0, 0.1) is 6.92 Å². The Bertz CT molecular complexity index is 703. The molecule has 7 nitrogen and oxygen atoms in total. The van der Waals surface area contributed by atoms with E-state index in [1.54, 1.807) is 17.8 Å². The summed E-state index contributed by atoms with van der Waals surface area (Å²) in [5.41, 5.74) is 7.19. The molecule has 3 heterocycles. The van der Waals surface area contributed by atoms with Gasteiger partial charge in [-0.3, -0.25) is 9.48 Å². The lowest BCUT2D eigenvalue weighted by molar-refractivity contribution is 0.0576.